The summed E-state index contributed by atoms with van der Waals surface area (Å²) in [6.07, 6.45) is 1.30. The van der Waals surface area contributed by atoms with Crippen molar-refractivity contribution < 1.29 is 9.53 Å². The lowest BCUT2D eigenvalue weighted by atomic mass is 10.1. The van der Waals surface area contributed by atoms with Gasteiger partial charge in [0, 0.05) is 43.3 Å². The highest BCUT2D eigenvalue weighted by molar-refractivity contribution is 6.30. The Bertz CT molecular complexity index is 693. The third-order valence-corrected chi connectivity index (χ3v) is 4.86. The number of nitrogens with zero attached hydrogens (tertiary/aromatic N) is 2. The Kier molecular flexibility index (Phi) is 5.82. The lowest BCUT2D eigenvalue weighted by Gasteiger charge is -2.36. The first-order valence-electron chi connectivity index (χ1n) is 8.57. The summed E-state index contributed by atoms with van der Waals surface area (Å²) in [6.45, 7) is 3.26. The lowest BCUT2D eigenvalue weighted by molar-refractivity contribution is -0.131. The predicted molar refractivity (Wildman–Crippen MR) is 102 cm³/mol. The van der Waals surface area contributed by atoms with Crippen LogP contribution in [0.1, 0.15) is 12.0 Å². The third-order valence-electron chi connectivity index (χ3n) is 4.61. The highest BCUT2D eigenvalue weighted by Gasteiger charge is 2.21. The molecule has 1 aliphatic rings. The normalized spacial score (nSPS) is 14.5. The van der Waals surface area contributed by atoms with Crippen LogP contribution in [0.5, 0.6) is 5.75 Å². The van der Waals surface area contributed by atoms with Gasteiger partial charge in [0.1, 0.15) is 5.75 Å². The molecule has 0 unspecified atom stereocenters. The third kappa shape index (κ3) is 4.67. The first kappa shape index (κ1) is 17.6. The first-order chi connectivity index (χ1) is 12.2. The van der Waals surface area contributed by atoms with Crippen LogP contribution in [-0.4, -0.2) is 44.1 Å². The van der Waals surface area contributed by atoms with Gasteiger partial charge in [-0.25, -0.2) is 0 Å². The van der Waals surface area contributed by atoms with Crippen LogP contribution in [0.3, 0.4) is 0 Å². The molecular formula is C20H23ClN2O2. The summed E-state index contributed by atoms with van der Waals surface area (Å²) in [5, 5.41) is 0.727. The van der Waals surface area contributed by atoms with Crippen LogP contribution >= 0.6 is 11.6 Å². The highest BCUT2D eigenvalue weighted by atomic mass is 35.5. The van der Waals surface area contributed by atoms with Crippen LogP contribution in [0.25, 0.3) is 0 Å². The van der Waals surface area contributed by atoms with Crippen molar-refractivity contribution in [3.63, 3.8) is 0 Å². The zero-order valence-corrected chi connectivity index (χ0v) is 15.2. The molecule has 1 heterocycles. The van der Waals surface area contributed by atoms with Gasteiger partial charge in [0.25, 0.3) is 0 Å². The molecule has 1 amide bonds. The summed E-state index contributed by atoms with van der Waals surface area (Å²) < 4.78 is 5.20. The minimum absolute atomic E-state index is 0.226. The maximum atomic E-state index is 12.4. The van der Waals surface area contributed by atoms with E-state index in [1.54, 1.807) is 7.11 Å². The average Bonchev–Trinajstić information content (AvgIpc) is 2.67. The van der Waals surface area contributed by atoms with Gasteiger partial charge in [-0.15, -0.1) is 0 Å². The molecule has 25 heavy (non-hydrogen) atoms. The van der Waals surface area contributed by atoms with Gasteiger partial charge in [0.15, 0.2) is 0 Å². The van der Waals surface area contributed by atoms with Crippen molar-refractivity contribution >= 4 is 23.2 Å². The van der Waals surface area contributed by atoms with E-state index >= 15 is 0 Å². The molecule has 0 aromatic heterocycles. The van der Waals surface area contributed by atoms with Crippen molar-refractivity contribution in [2.24, 2.45) is 0 Å². The number of methoxy groups -OCH3 is 1. The molecule has 0 N–H and O–H groups in total. The van der Waals surface area contributed by atoms with Crippen LogP contribution in [0, 0.1) is 0 Å². The molecule has 5 heteroatoms. The fourth-order valence-corrected chi connectivity index (χ4v) is 3.19. The average molecular weight is 359 g/mol. The van der Waals surface area contributed by atoms with Crippen molar-refractivity contribution in [2.45, 2.75) is 12.8 Å². The monoisotopic (exact) mass is 358 g/mol. The number of carbonyl (C=O) groups is 1. The number of hydrogen-bond acceptors (Lipinski definition) is 3. The van der Waals surface area contributed by atoms with Crippen LogP contribution in [0.2, 0.25) is 5.02 Å². The fourth-order valence-electron chi connectivity index (χ4n) is 3.07. The quantitative estimate of drug-likeness (QED) is 0.818. The summed E-state index contributed by atoms with van der Waals surface area (Å²) in [5.74, 6) is 1.09. The number of aryl methyl sites for hydroxylation is 1. The predicted octanol–water partition coefficient (Wildman–Crippen LogP) is 3.63. The summed E-state index contributed by atoms with van der Waals surface area (Å²) in [4.78, 5) is 16.7. The Hall–Kier alpha value is -2.20. The number of rotatable bonds is 5. The zero-order valence-electron chi connectivity index (χ0n) is 14.5. The molecule has 0 spiro atoms. The van der Waals surface area contributed by atoms with Gasteiger partial charge >= 0.3 is 0 Å². The molecule has 1 aliphatic heterocycles. The van der Waals surface area contributed by atoms with Crippen molar-refractivity contribution in [2.75, 3.05) is 38.2 Å². The molecule has 0 atom stereocenters. The minimum atomic E-state index is 0.226. The van der Waals surface area contributed by atoms with E-state index in [2.05, 4.69) is 17.0 Å². The smallest absolute Gasteiger partial charge is 0.223 e. The number of ether oxygens (including phenoxy) is 1. The van der Waals surface area contributed by atoms with Crippen LogP contribution in [0.4, 0.5) is 5.69 Å². The molecule has 4 nitrogen and oxygen atoms in total. The SMILES string of the molecule is COc1ccc(N2CCN(C(=O)CCc3ccc(Cl)cc3)CC2)cc1. The Morgan fingerprint density at radius 3 is 2.24 bits per heavy atom. The topological polar surface area (TPSA) is 32.8 Å². The summed E-state index contributed by atoms with van der Waals surface area (Å²) in [6, 6.07) is 15.8. The number of amides is 1. The Morgan fingerprint density at radius 2 is 1.64 bits per heavy atom. The van der Waals surface area contributed by atoms with E-state index in [9.17, 15) is 4.79 Å². The number of piperazine rings is 1. The Balaban J connectivity index is 1.47. The number of hydrogen-bond donors (Lipinski definition) is 0. The zero-order chi connectivity index (χ0) is 17.6. The lowest BCUT2D eigenvalue weighted by Crippen LogP contribution is -2.48. The molecule has 0 bridgehead atoms. The molecule has 0 saturated carbocycles. The second-order valence-electron chi connectivity index (χ2n) is 6.19. The molecule has 2 aromatic rings. The van der Waals surface area contributed by atoms with E-state index in [-0.39, 0.29) is 5.91 Å². The van der Waals surface area contributed by atoms with E-state index in [1.165, 1.54) is 5.69 Å². The van der Waals surface area contributed by atoms with Gasteiger partial charge < -0.3 is 14.5 Å². The van der Waals surface area contributed by atoms with Gasteiger partial charge in [0.2, 0.25) is 5.91 Å². The summed E-state index contributed by atoms with van der Waals surface area (Å²) in [5.41, 5.74) is 2.32. The second-order valence-corrected chi connectivity index (χ2v) is 6.63. The van der Waals surface area contributed by atoms with Crippen molar-refractivity contribution in [1.29, 1.82) is 0 Å². The van der Waals surface area contributed by atoms with Crippen molar-refractivity contribution in [3.8, 4) is 5.75 Å². The number of benzene rings is 2. The second kappa shape index (κ2) is 8.26. The van der Waals surface area contributed by atoms with Gasteiger partial charge in [-0.1, -0.05) is 23.7 Å². The van der Waals surface area contributed by atoms with Crippen LogP contribution < -0.4 is 9.64 Å². The standard InChI is InChI=1S/C20H23ClN2O2/c1-25-19-9-7-18(8-10-19)22-12-14-23(15-13-22)20(24)11-4-16-2-5-17(21)6-3-16/h2-3,5-10H,4,11-15H2,1H3. The number of anilines is 1. The van der Waals surface area contributed by atoms with E-state index in [0.29, 0.717) is 6.42 Å². The van der Waals surface area contributed by atoms with Gasteiger partial charge in [-0.2, -0.15) is 0 Å². The van der Waals surface area contributed by atoms with Gasteiger partial charge in [-0.3, -0.25) is 4.79 Å². The molecule has 132 valence electrons. The van der Waals surface area contributed by atoms with E-state index in [1.807, 2.05) is 41.3 Å². The first-order valence-corrected chi connectivity index (χ1v) is 8.95. The summed E-state index contributed by atoms with van der Waals surface area (Å²) >= 11 is 5.89. The van der Waals surface area contributed by atoms with Gasteiger partial charge in [0.05, 0.1) is 7.11 Å². The largest absolute Gasteiger partial charge is 0.497 e. The number of halogens is 1. The molecule has 0 aliphatic carbocycles. The Labute approximate surface area is 154 Å². The van der Waals surface area contributed by atoms with Gasteiger partial charge in [-0.05, 0) is 48.4 Å². The molecule has 0 radical (unpaired) electrons. The van der Waals surface area contributed by atoms with Crippen LogP contribution in [-0.2, 0) is 11.2 Å². The number of carbonyl (C=O) groups excluding carboxylic acids is 1. The Morgan fingerprint density at radius 1 is 1.00 bits per heavy atom. The molecule has 3 rings (SSSR count). The van der Waals surface area contributed by atoms with E-state index in [0.717, 1.165) is 48.9 Å². The highest BCUT2D eigenvalue weighted by Crippen LogP contribution is 2.21. The maximum Gasteiger partial charge on any atom is 0.223 e. The molecule has 1 saturated heterocycles. The molecule has 2 aromatic carbocycles. The van der Waals surface area contributed by atoms with E-state index < -0.39 is 0 Å². The molecular weight excluding hydrogens is 336 g/mol. The minimum Gasteiger partial charge on any atom is -0.497 e. The van der Waals surface area contributed by atoms with Crippen molar-refractivity contribution in [3.05, 3.63) is 59.1 Å². The summed E-state index contributed by atoms with van der Waals surface area (Å²) in [7, 11) is 1.67. The maximum absolute atomic E-state index is 12.4. The molecule has 1 fully saturated rings. The van der Waals surface area contributed by atoms with E-state index in [4.69, 9.17) is 16.3 Å². The fraction of sp³-hybridized carbons (Fsp3) is 0.350. The van der Waals surface area contributed by atoms with Crippen molar-refractivity contribution in [1.82, 2.24) is 4.90 Å². The van der Waals surface area contributed by atoms with Crippen LogP contribution in [0.15, 0.2) is 48.5 Å².